The van der Waals surface area contributed by atoms with Crippen LogP contribution in [0.4, 0.5) is 4.39 Å². The smallest absolute Gasteiger partial charge is 0.270 e. The zero-order chi connectivity index (χ0) is 24.4. The van der Waals surface area contributed by atoms with Crippen LogP contribution in [0, 0.1) is 5.82 Å². The summed E-state index contributed by atoms with van der Waals surface area (Å²) < 4.78 is 13.5. The monoisotopic (exact) mass is 485 g/mol. The summed E-state index contributed by atoms with van der Waals surface area (Å²) in [6, 6.07) is 6.10. The Morgan fingerprint density at radius 3 is 2.50 bits per heavy atom. The van der Waals surface area contributed by atoms with E-state index in [-0.39, 0.29) is 29.6 Å². The molecule has 1 aliphatic heterocycles. The molecule has 0 bridgehead atoms. The van der Waals surface area contributed by atoms with Crippen molar-refractivity contribution in [2.75, 3.05) is 13.1 Å². The van der Waals surface area contributed by atoms with Crippen molar-refractivity contribution in [1.82, 2.24) is 25.4 Å². The molecular weight excluding hydrogens is 457 g/mol. The van der Waals surface area contributed by atoms with Gasteiger partial charge in [0.1, 0.15) is 28.3 Å². The van der Waals surface area contributed by atoms with Crippen molar-refractivity contribution >= 4 is 23.2 Å². The van der Waals surface area contributed by atoms with Crippen LogP contribution in [0.3, 0.4) is 0 Å². The number of carbonyl (C=O) groups is 2. The number of hydrogen-bond donors (Lipinski definition) is 3. The van der Waals surface area contributed by atoms with Gasteiger partial charge < -0.3 is 15.3 Å². The number of benzene rings is 1. The highest BCUT2D eigenvalue weighted by Crippen LogP contribution is 2.41. The molecule has 3 aromatic rings. The molecule has 2 aromatic heterocycles. The van der Waals surface area contributed by atoms with Gasteiger partial charge in [-0.2, -0.15) is 5.10 Å². The quantitative estimate of drug-likeness (QED) is 0.494. The Labute approximate surface area is 201 Å². The van der Waals surface area contributed by atoms with Gasteiger partial charge in [-0.15, -0.1) is 11.3 Å². The maximum Gasteiger partial charge on any atom is 0.270 e. The number of H-pyrrole nitrogens is 1. The molecule has 1 unspecified atom stereocenters. The normalized spacial score (nSPS) is 15.5. The van der Waals surface area contributed by atoms with Crippen molar-refractivity contribution in [3.05, 3.63) is 46.9 Å². The first-order chi connectivity index (χ1) is 16.2. The lowest BCUT2D eigenvalue weighted by Crippen LogP contribution is -2.42. The van der Waals surface area contributed by atoms with Crippen molar-refractivity contribution in [2.45, 2.75) is 51.7 Å². The second-order valence-corrected chi connectivity index (χ2v) is 9.67. The number of nitrogens with zero attached hydrogens (tertiary/aromatic N) is 3. The summed E-state index contributed by atoms with van der Waals surface area (Å²) in [5, 5.41) is 22.6. The van der Waals surface area contributed by atoms with Crippen LogP contribution in [0.25, 0.3) is 21.8 Å². The number of likely N-dealkylation sites (tertiary alicyclic amines) is 1. The number of piperidine rings is 1. The van der Waals surface area contributed by atoms with Crippen LogP contribution in [-0.2, 0) is 4.79 Å². The number of aliphatic hydroxyl groups excluding tert-OH is 1. The van der Waals surface area contributed by atoms with E-state index in [1.54, 1.807) is 22.4 Å². The predicted octanol–water partition coefficient (Wildman–Crippen LogP) is 3.56. The number of carbonyl (C=O) groups excluding carboxylic acids is 2. The lowest BCUT2D eigenvalue weighted by molar-refractivity contribution is -0.140. The van der Waals surface area contributed by atoms with Gasteiger partial charge >= 0.3 is 0 Å². The van der Waals surface area contributed by atoms with Crippen molar-refractivity contribution in [2.24, 2.45) is 0 Å². The molecule has 0 saturated carbocycles. The third-order valence-electron chi connectivity index (χ3n) is 5.85. The van der Waals surface area contributed by atoms with Crippen molar-refractivity contribution in [3.8, 4) is 21.8 Å². The number of halogens is 1. The number of aromatic nitrogens is 3. The van der Waals surface area contributed by atoms with Gasteiger partial charge in [-0.05, 0) is 57.9 Å². The molecule has 1 aliphatic rings. The SMILES string of the molecule is CC(C)NC(=O)c1csc(-c2c(-c3ccc(F)cc3)n[nH]c2C2CCN(C(=O)C(C)O)CC2)n1. The van der Waals surface area contributed by atoms with E-state index >= 15 is 0 Å². The topological polar surface area (TPSA) is 111 Å². The van der Waals surface area contributed by atoms with E-state index in [0.717, 1.165) is 16.8 Å². The Morgan fingerprint density at radius 1 is 1.21 bits per heavy atom. The van der Waals surface area contributed by atoms with E-state index in [1.807, 2.05) is 13.8 Å². The molecule has 34 heavy (non-hydrogen) atoms. The third kappa shape index (κ3) is 5.02. The molecule has 1 aromatic carbocycles. The molecule has 2 amide bonds. The third-order valence-corrected chi connectivity index (χ3v) is 6.71. The van der Waals surface area contributed by atoms with Crippen LogP contribution in [0.2, 0.25) is 0 Å². The second-order valence-electron chi connectivity index (χ2n) is 8.81. The maximum atomic E-state index is 13.5. The predicted molar refractivity (Wildman–Crippen MR) is 128 cm³/mol. The van der Waals surface area contributed by atoms with Gasteiger partial charge in [-0.3, -0.25) is 14.7 Å². The average molecular weight is 486 g/mol. The molecule has 0 spiro atoms. The fourth-order valence-corrected chi connectivity index (χ4v) is 5.02. The van der Waals surface area contributed by atoms with Crippen molar-refractivity contribution in [3.63, 3.8) is 0 Å². The number of amides is 2. The Balaban J connectivity index is 1.69. The Bertz CT molecular complexity index is 1160. The summed E-state index contributed by atoms with van der Waals surface area (Å²) >= 11 is 1.36. The van der Waals surface area contributed by atoms with E-state index in [0.29, 0.717) is 42.3 Å². The zero-order valence-electron chi connectivity index (χ0n) is 19.3. The molecule has 1 saturated heterocycles. The van der Waals surface area contributed by atoms with Gasteiger partial charge in [0.15, 0.2) is 0 Å². The molecule has 1 fully saturated rings. The molecule has 180 valence electrons. The van der Waals surface area contributed by atoms with Gasteiger partial charge in [0.2, 0.25) is 0 Å². The van der Waals surface area contributed by atoms with Gasteiger partial charge in [0.05, 0.1) is 5.56 Å². The van der Waals surface area contributed by atoms with E-state index in [2.05, 4.69) is 20.5 Å². The van der Waals surface area contributed by atoms with E-state index in [9.17, 15) is 19.1 Å². The summed E-state index contributed by atoms with van der Waals surface area (Å²) in [5.41, 5.74) is 3.39. The summed E-state index contributed by atoms with van der Waals surface area (Å²) in [6.45, 7) is 6.31. The number of rotatable bonds is 6. The molecule has 8 nitrogen and oxygen atoms in total. The highest BCUT2D eigenvalue weighted by molar-refractivity contribution is 7.13. The standard InChI is InChI=1S/C24H28FN5O3S/c1-13(2)26-22(32)18-12-34-23(27-18)19-20(15-4-6-17(25)7-5-15)28-29-21(19)16-8-10-30(11-9-16)24(33)14(3)31/h4-7,12-14,16,31H,8-11H2,1-3H3,(H,26,32)(H,28,29). The van der Waals surface area contributed by atoms with E-state index in [1.165, 1.54) is 30.4 Å². The zero-order valence-corrected chi connectivity index (χ0v) is 20.2. The van der Waals surface area contributed by atoms with Crippen molar-refractivity contribution in [1.29, 1.82) is 0 Å². The largest absolute Gasteiger partial charge is 0.384 e. The van der Waals surface area contributed by atoms with Crippen LogP contribution in [0.5, 0.6) is 0 Å². The molecule has 3 heterocycles. The van der Waals surface area contributed by atoms with E-state index < -0.39 is 6.10 Å². The first-order valence-corrected chi connectivity index (χ1v) is 12.2. The second kappa shape index (κ2) is 10.0. The van der Waals surface area contributed by atoms with Crippen LogP contribution in [0.1, 0.15) is 55.7 Å². The Hall–Kier alpha value is -3.11. The molecule has 0 radical (unpaired) electrons. The Kier molecular flexibility index (Phi) is 7.08. The van der Waals surface area contributed by atoms with Gasteiger partial charge in [-0.1, -0.05) is 0 Å². The van der Waals surface area contributed by atoms with E-state index in [4.69, 9.17) is 0 Å². The molecule has 4 rings (SSSR count). The van der Waals surface area contributed by atoms with Gasteiger partial charge in [-0.25, -0.2) is 9.37 Å². The number of thiazole rings is 1. The lowest BCUT2D eigenvalue weighted by Gasteiger charge is -2.32. The fourth-order valence-electron chi connectivity index (χ4n) is 4.17. The minimum Gasteiger partial charge on any atom is -0.384 e. The Morgan fingerprint density at radius 2 is 1.88 bits per heavy atom. The molecule has 10 heteroatoms. The summed E-state index contributed by atoms with van der Waals surface area (Å²) in [4.78, 5) is 30.9. The first kappa shape index (κ1) is 24.0. The van der Waals surface area contributed by atoms with Crippen molar-refractivity contribution < 1.29 is 19.1 Å². The summed E-state index contributed by atoms with van der Waals surface area (Å²) in [7, 11) is 0. The minimum absolute atomic E-state index is 0.00792. The lowest BCUT2D eigenvalue weighted by atomic mass is 9.90. The minimum atomic E-state index is -1.02. The average Bonchev–Trinajstić information content (AvgIpc) is 3.46. The summed E-state index contributed by atoms with van der Waals surface area (Å²) in [5.74, 6) is -0.753. The highest BCUT2D eigenvalue weighted by atomic mass is 32.1. The first-order valence-electron chi connectivity index (χ1n) is 11.3. The van der Waals surface area contributed by atoms with Crippen LogP contribution < -0.4 is 5.32 Å². The molecule has 3 N–H and O–H groups in total. The number of aliphatic hydroxyl groups is 1. The number of aromatic amines is 1. The molecule has 1 atom stereocenters. The highest BCUT2D eigenvalue weighted by Gasteiger charge is 2.31. The maximum absolute atomic E-state index is 13.5. The number of hydrogen-bond acceptors (Lipinski definition) is 6. The summed E-state index contributed by atoms with van der Waals surface area (Å²) in [6.07, 6.45) is 0.376. The van der Waals surface area contributed by atoms with Gasteiger partial charge in [0.25, 0.3) is 11.8 Å². The van der Waals surface area contributed by atoms with Crippen LogP contribution in [-0.4, -0.2) is 62.2 Å². The fraction of sp³-hybridized carbons (Fsp3) is 0.417. The number of nitrogens with one attached hydrogen (secondary N) is 2. The van der Waals surface area contributed by atoms with Crippen LogP contribution in [0.15, 0.2) is 29.6 Å². The van der Waals surface area contributed by atoms with Crippen LogP contribution >= 0.6 is 11.3 Å². The molecule has 0 aliphatic carbocycles. The van der Waals surface area contributed by atoms with Gasteiger partial charge in [0, 0.05) is 41.7 Å². The molecular formula is C24H28FN5O3S.